The monoisotopic (exact) mass is 296 g/mol. The van der Waals surface area contributed by atoms with E-state index in [4.69, 9.17) is 20.8 Å². The summed E-state index contributed by atoms with van der Waals surface area (Å²) in [7, 11) is 0. The van der Waals surface area contributed by atoms with Crippen LogP contribution >= 0.6 is 11.6 Å². The first-order chi connectivity index (χ1) is 9.71. The molecule has 0 aromatic carbocycles. The van der Waals surface area contributed by atoms with Crippen LogP contribution in [0.1, 0.15) is 31.3 Å². The molecule has 0 atom stereocenters. The van der Waals surface area contributed by atoms with Crippen LogP contribution in [0.3, 0.4) is 0 Å². The normalized spacial score (nSPS) is 10.8. The van der Waals surface area contributed by atoms with Crippen LogP contribution in [0, 0.1) is 0 Å². The van der Waals surface area contributed by atoms with Crippen LogP contribution in [-0.2, 0) is 24.3 Å². The van der Waals surface area contributed by atoms with Crippen LogP contribution in [0.5, 0.6) is 0 Å². The van der Waals surface area contributed by atoms with E-state index in [1.165, 1.54) is 0 Å². The summed E-state index contributed by atoms with van der Waals surface area (Å²) in [4.78, 5) is 12.6. The first-order valence-electron chi connectivity index (χ1n) is 6.50. The number of hydrogen-bond donors (Lipinski definition) is 1. The standard InChI is InChI=1S/C13H17ClN4O2/c1-3-9-6-16-13(20-9)7-15-11-5-10(14)17-12(18-11)8-19-4-2/h5-6H,3-4,7-8H2,1-2H3,(H,15,17,18). The highest BCUT2D eigenvalue weighted by atomic mass is 35.5. The molecular formula is C13H17ClN4O2. The summed E-state index contributed by atoms with van der Waals surface area (Å²) in [5, 5.41) is 3.48. The minimum Gasteiger partial charge on any atom is -0.444 e. The fraction of sp³-hybridized carbons (Fsp3) is 0.462. The van der Waals surface area contributed by atoms with Crippen molar-refractivity contribution >= 4 is 17.4 Å². The lowest BCUT2D eigenvalue weighted by atomic mass is 10.4. The number of hydrogen-bond acceptors (Lipinski definition) is 6. The summed E-state index contributed by atoms with van der Waals surface area (Å²) in [6.45, 7) is 5.32. The van der Waals surface area contributed by atoms with Crippen LogP contribution in [-0.4, -0.2) is 21.6 Å². The predicted octanol–water partition coefficient (Wildman–Crippen LogP) is 2.83. The summed E-state index contributed by atoms with van der Waals surface area (Å²) >= 11 is 5.95. The van der Waals surface area contributed by atoms with Crippen LogP contribution in [0.25, 0.3) is 0 Å². The molecule has 6 nitrogen and oxygen atoms in total. The summed E-state index contributed by atoms with van der Waals surface area (Å²) in [6, 6.07) is 1.65. The predicted molar refractivity (Wildman–Crippen MR) is 75.6 cm³/mol. The molecule has 0 spiro atoms. The van der Waals surface area contributed by atoms with Crippen molar-refractivity contribution in [2.45, 2.75) is 33.4 Å². The number of aryl methyl sites for hydroxylation is 1. The van der Waals surface area contributed by atoms with E-state index in [2.05, 4.69) is 20.3 Å². The van der Waals surface area contributed by atoms with Gasteiger partial charge in [-0.1, -0.05) is 18.5 Å². The van der Waals surface area contributed by atoms with Crippen molar-refractivity contribution in [1.82, 2.24) is 15.0 Å². The second-order valence-electron chi connectivity index (χ2n) is 4.06. The van der Waals surface area contributed by atoms with E-state index in [0.29, 0.717) is 42.4 Å². The Morgan fingerprint density at radius 3 is 2.90 bits per heavy atom. The average Bonchev–Trinajstić information content (AvgIpc) is 2.90. The van der Waals surface area contributed by atoms with Gasteiger partial charge >= 0.3 is 0 Å². The maximum absolute atomic E-state index is 5.95. The Balaban J connectivity index is 1.99. The number of oxazole rings is 1. The lowest BCUT2D eigenvalue weighted by molar-refractivity contribution is 0.128. The topological polar surface area (TPSA) is 73.1 Å². The van der Waals surface area contributed by atoms with E-state index in [1.54, 1.807) is 12.3 Å². The fourth-order valence-corrected chi connectivity index (χ4v) is 1.77. The Kier molecular flexibility index (Phi) is 5.31. The Hall–Kier alpha value is -1.66. The van der Waals surface area contributed by atoms with Crippen molar-refractivity contribution in [2.24, 2.45) is 0 Å². The van der Waals surface area contributed by atoms with Crippen LogP contribution in [0.2, 0.25) is 5.15 Å². The minimum atomic E-state index is 0.338. The Labute approximate surface area is 122 Å². The Morgan fingerprint density at radius 1 is 1.35 bits per heavy atom. The maximum Gasteiger partial charge on any atom is 0.213 e. The van der Waals surface area contributed by atoms with Gasteiger partial charge in [0.2, 0.25) is 5.89 Å². The second-order valence-corrected chi connectivity index (χ2v) is 4.44. The van der Waals surface area contributed by atoms with Crippen molar-refractivity contribution in [3.63, 3.8) is 0 Å². The summed E-state index contributed by atoms with van der Waals surface area (Å²) in [6.07, 6.45) is 2.55. The van der Waals surface area contributed by atoms with Gasteiger partial charge in [-0.25, -0.2) is 15.0 Å². The zero-order valence-electron chi connectivity index (χ0n) is 11.5. The lowest BCUT2D eigenvalue weighted by Gasteiger charge is -2.06. The molecule has 2 aromatic rings. The third-order valence-corrected chi connectivity index (χ3v) is 2.74. The first-order valence-corrected chi connectivity index (χ1v) is 6.87. The molecule has 0 aliphatic rings. The van der Waals surface area contributed by atoms with E-state index in [1.807, 2.05) is 13.8 Å². The lowest BCUT2D eigenvalue weighted by Crippen LogP contribution is -2.06. The molecule has 0 bridgehead atoms. The molecule has 2 rings (SSSR count). The Bertz CT molecular complexity index is 559. The molecule has 0 saturated heterocycles. The van der Waals surface area contributed by atoms with Crippen molar-refractivity contribution in [3.8, 4) is 0 Å². The Morgan fingerprint density at radius 2 is 2.20 bits per heavy atom. The van der Waals surface area contributed by atoms with E-state index < -0.39 is 0 Å². The van der Waals surface area contributed by atoms with Gasteiger partial charge in [-0.2, -0.15) is 0 Å². The number of nitrogens with zero attached hydrogens (tertiary/aromatic N) is 3. The molecule has 0 aliphatic heterocycles. The molecule has 0 radical (unpaired) electrons. The summed E-state index contributed by atoms with van der Waals surface area (Å²) < 4.78 is 10.8. The average molecular weight is 297 g/mol. The molecule has 1 N–H and O–H groups in total. The highest BCUT2D eigenvalue weighted by Crippen LogP contribution is 2.13. The maximum atomic E-state index is 5.95. The molecule has 7 heteroatoms. The smallest absolute Gasteiger partial charge is 0.213 e. The zero-order chi connectivity index (χ0) is 14.4. The highest BCUT2D eigenvalue weighted by molar-refractivity contribution is 6.29. The molecule has 0 fully saturated rings. The van der Waals surface area contributed by atoms with Gasteiger partial charge < -0.3 is 14.5 Å². The van der Waals surface area contributed by atoms with Crippen LogP contribution < -0.4 is 5.32 Å². The van der Waals surface area contributed by atoms with Crippen molar-refractivity contribution in [2.75, 3.05) is 11.9 Å². The molecule has 0 unspecified atom stereocenters. The number of rotatable bonds is 7. The number of halogens is 1. The molecule has 20 heavy (non-hydrogen) atoms. The van der Waals surface area contributed by atoms with Gasteiger partial charge in [0.15, 0.2) is 5.82 Å². The largest absolute Gasteiger partial charge is 0.444 e. The van der Waals surface area contributed by atoms with Gasteiger partial charge in [0.25, 0.3) is 0 Å². The SMILES string of the molecule is CCOCc1nc(Cl)cc(NCc2ncc(CC)o2)n1. The third-order valence-electron chi connectivity index (χ3n) is 2.55. The number of nitrogens with one attached hydrogen (secondary N) is 1. The third kappa shape index (κ3) is 4.18. The zero-order valence-corrected chi connectivity index (χ0v) is 12.3. The number of ether oxygens (including phenoxy) is 1. The first kappa shape index (κ1) is 14.7. The molecule has 108 valence electrons. The molecule has 0 amide bonds. The minimum absolute atomic E-state index is 0.338. The van der Waals surface area contributed by atoms with Gasteiger partial charge in [-0.3, -0.25) is 0 Å². The molecule has 0 saturated carbocycles. The van der Waals surface area contributed by atoms with Crippen molar-refractivity contribution < 1.29 is 9.15 Å². The molecule has 0 aliphatic carbocycles. The number of aromatic nitrogens is 3. The van der Waals surface area contributed by atoms with Gasteiger partial charge in [0, 0.05) is 19.1 Å². The molecule has 2 heterocycles. The number of anilines is 1. The quantitative estimate of drug-likeness (QED) is 0.792. The molecular weight excluding hydrogens is 280 g/mol. The van der Waals surface area contributed by atoms with Gasteiger partial charge in [-0.15, -0.1) is 0 Å². The van der Waals surface area contributed by atoms with Crippen molar-refractivity contribution in [3.05, 3.63) is 34.9 Å². The van der Waals surface area contributed by atoms with E-state index in [0.717, 1.165) is 12.2 Å². The summed E-state index contributed by atoms with van der Waals surface area (Å²) in [5.74, 6) is 2.64. The van der Waals surface area contributed by atoms with Gasteiger partial charge in [0.05, 0.1) is 12.7 Å². The summed E-state index contributed by atoms with van der Waals surface area (Å²) in [5.41, 5.74) is 0. The van der Waals surface area contributed by atoms with Crippen molar-refractivity contribution in [1.29, 1.82) is 0 Å². The van der Waals surface area contributed by atoms with E-state index in [-0.39, 0.29) is 0 Å². The van der Waals surface area contributed by atoms with Gasteiger partial charge in [-0.05, 0) is 6.92 Å². The van der Waals surface area contributed by atoms with Crippen LogP contribution in [0.4, 0.5) is 5.82 Å². The van der Waals surface area contributed by atoms with Crippen LogP contribution in [0.15, 0.2) is 16.7 Å². The fourth-order valence-electron chi connectivity index (χ4n) is 1.57. The van der Waals surface area contributed by atoms with Gasteiger partial charge in [0.1, 0.15) is 23.3 Å². The van der Waals surface area contributed by atoms with E-state index >= 15 is 0 Å². The highest BCUT2D eigenvalue weighted by Gasteiger charge is 2.06. The second kappa shape index (κ2) is 7.21. The van der Waals surface area contributed by atoms with E-state index in [9.17, 15) is 0 Å². The molecule has 2 aromatic heterocycles.